The van der Waals surface area contributed by atoms with Gasteiger partial charge in [0.2, 0.25) is 0 Å². The first-order valence-corrected chi connectivity index (χ1v) is 6.03. The summed E-state index contributed by atoms with van der Waals surface area (Å²) in [6.07, 6.45) is 1.46. The molecule has 1 heterocycles. The van der Waals surface area contributed by atoms with E-state index in [4.69, 9.17) is 9.47 Å². The third-order valence-electron chi connectivity index (χ3n) is 2.77. The molecule has 1 atom stereocenters. The van der Waals surface area contributed by atoms with Crippen molar-refractivity contribution < 1.29 is 18.7 Å². The summed E-state index contributed by atoms with van der Waals surface area (Å²) in [5, 5.41) is 0.762. The molecule has 2 rings (SSSR count). The molecule has 2 aromatic rings. The molecule has 0 aliphatic carbocycles. The van der Waals surface area contributed by atoms with Gasteiger partial charge >= 0.3 is 5.97 Å². The lowest BCUT2D eigenvalue weighted by Gasteiger charge is -2.12. The van der Waals surface area contributed by atoms with Gasteiger partial charge in [0, 0.05) is 24.2 Å². The van der Waals surface area contributed by atoms with Gasteiger partial charge in [-0.05, 0) is 31.2 Å². The summed E-state index contributed by atoms with van der Waals surface area (Å²) < 4.78 is 24.9. The number of aromatic nitrogens is 1. The smallest absolute Gasteiger partial charge is 0.326 e. The first-order valence-electron chi connectivity index (χ1n) is 6.03. The Hall–Kier alpha value is -1.88. The molecule has 102 valence electrons. The molecule has 1 unspecified atom stereocenters. The quantitative estimate of drug-likeness (QED) is 0.779. The largest absolute Gasteiger partial charge is 0.459 e. The zero-order chi connectivity index (χ0) is 13.8. The standard InChI is InChI=1S/C14H16FNO3/c1-10(9-18-2)19-14(17)8-16-6-5-11-7-12(15)3-4-13(11)16/h3-7,10H,8-9H2,1-2H3. The number of halogens is 1. The molecule has 0 bridgehead atoms. The SMILES string of the molecule is COCC(C)OC(=O)Cn1ccc2cc(F)ccc21. The van der Waals surface area contributed by atoms with Crippen LogP contribution in [0.3, 0.4) is 0 Å². The number of hydrogen-bond donors (Lipinski definition) is 0. The lowest BCUT2D eigenvalue weighted by atomic mass is 10.2. The highest BCUT2D eigenvalue weighted by molar-refractivity contribution is 5.82. The fourth-order valence-corrected chi connectivity index (χ4v) is 1.98. The van der Waals surface area contributed by atoms with Crippen LogP contribution >= 0.6 is 0 Å². The molecular formula is C14H16FNO3. The summed E-state index contributed by atoms with van der Waals surface area (Å²) in [5.74, 6) is -0.632. The number of benzene rings is 1. The molecule has 0 saturated heterocycles. The number of methoxy groups -OCH3 is 1. The Morgan fingerprint density at radius 3 is 2.95 bits per heavy atom. The van der Waals surface area contributed by atoms with E-state index in [9.17, 15) is 9.18 Å². The highest BCUT2D eigenvalue weighted by Crippen LogP contribution is 2.17. The van der Waals surface area contributed by atoms with Crippen LogP contribution in [0.25, 0.3) is 10.9 Å². The van der Waals surface area contributed by atoms with Gasteiger partial charge in [-0.1, -0.05) is 0 Å². The molecule has 0 aliphatic rings. The van der Waals surface area contributed by atoms with E-state index in [0.29, 0.717) is 6.61 Å². The van der Waals surface area contributed by atoms with Crippen molar-refractivity contribution in [3.8, 4) is 0 Å². The average Bonchev–Trinajstić information content (AvgIpc) is 2.71. The second-order valence-corrected chi connectivity index (χ2v) is 4.40. The molecule has 4 nitrogen and oxygen atoms in total. The molecule has 0 fully saturated rings. The summed E-state index contributed by atoms with van der Waals surface area (Å²) >= 11 is 0. The number of nitrogens with zero attached hydrogens (tertiary/aromatic N) is 1. The maximum absolute atomic E-state index is 13.1. The third kappa shape index (κ3) is 3.32. The van der Waals surface area contributed by atoms with Crippen molar-refractivity contribution in [3.05, 3.63) is 36.3 Å². The first kappa shape index (κ1) is 13.5. The van der Waals surface area contributed by atoms with E-state index in [1.165, 1.54) is 12.1 Å². The molecular weight excluding hydrogens is 249 g/mol. The van der Waals surface area contributed by atoms with Crippen LogP contribution in [0.2, 0.25) is 0 Å². The fourth-order valence-electron chi connectivity index (χ4n) is 1.98. The summed E-state index contributed by atoms with van der Waals surface area (Å²) in [5.41, 5.74) is 0.803. The Bertz CT molecular complexity index is 579. The first-order chi connectivity index (χ1) is 9.10. The number of fused-ring (bicyclic) bond motifs is 1. The number of carbonyl (C=O) groups excluding carboxylic acids is 1. The zero-order valence-electron chi connectivity index (χ0n) is 10.9. The van der Waals surface area contributed by atoms with Gasteiger partial charge in [0.1, 0.15) is 18.5 Å². The molecule has 0 amide bonds. The summed E-state index contributed by atoms with van der Waals surface area (Å²) in [6, 6.07) is 6.23. The molecule has 0 N–H and O–H groups in total. The van der Waals surface area contributed by atoms with Crippen LogP contribution in [0.4, 0.5) is 4.39 Å². The predicted octanol–water partition coefficient (Wildman–Crippen LogP) is 2.36. The number of carbonyl (C=O) groups is 1. The molecule has 1 aromatic heterocycles. The van der Waals surface area contributed by atoms with Crippen LogP contribution < -0.4 is 0 Å². The molecule has 19 heavy (non-hydrogen) atoms. The molecule has 0 spiro atoms. The van der Waals surface area contributed by atoms with E-state index >= 15 is 0 Å². The van der Waals surface area contributed by atoms with Crippen molar-refractivity contribution >= 4 is 16.9 Å². The Morgan fingerprint density at radius 1 is 1.42 bits per heavy atom. The van der Waals surface area contributed by atoms with Gasteiger partial charge in [-0.3, -0.25) is 4.79 Å². The molecule has 5 heteroatoms. The van der Waals surface area contributed by atoms with Crippen LogP contribution in [0, 0.1) is 5.82 Å². The Labute approximate surface area is 110 Å². The lowest BCUT2D eigenvalue weighted by Crippen LogP contribution is -2.22. The second-order valence-electron chi connectivity index (χ2n) is 4.40. The monoisotopic (exact) mass is 265 g/mol. The summed E-state index contributed by atoms with van der Waals surface area (Å²) in [6.45, 7) is 2.23. The Morgan fingerprint density at radius 2 is 2.21 bits per heavy atom. The minimum absolute atomic E-state index is 0.100. The normalized spacial score (nSPS) is 12.6. The van der Waals surface area contributed by atoms with Crippen molar-refractivity contribution in [2.75, 3.05) is 13.7 Å². The second kappa shape index (κ2) is 5.84. The topological polar surface area (TPSA) is 40.5 Å². The number of ether oxygens (including phenoxy) is 2. The molecule has 0 saturated carbocycles. The fraction of sp³-hybridized carbons (Fsp3) is 0.357. The van der Waals surface area contributed by atoms with E-state index in [0.717, 1.165) is 10.9 Å². The van der Waals surface area contributed by atoms with E-state index in [2.05, 4.69) is 0 Å². The average molecular weight is 265 g/mol. The van der Waals surface area contributed by atoms with Gasteiger partial charge in [0.05, 0.1) is 6.61 Å². The van der Waals surface area contributed by atoms with Crippen LogP contribution in [-0.2, 0) is 20.8 Å². The van der Waals surface area contributed by atoms with Crippen LogP contribution in [0.15, 0.2) is 30.5 Å². The van der Waals surface area contributed by atoms with Crippen LogP contribution in [0.5, 0.6) is 0 Å². The van der Waals surface area contributed by atoms with Gasteiger partial charge in [-0.2, -0.15) is 0 Å². The number of esters is 1. The van der Waals surface area contributed by atoms with E-state index in [1.807, 2.05) is 0 Å². The minimum atomic E-state index is -0.341. The molecule has 1 aromatic carbocycles. The maximum atomic E-state index is 13.1. The number of rotatable bonds is 5. The van der Waals surface area contributed by atoms with E-state index in [-0.39, 0.29) is 24.4 Å². The van der Waals surface area contributed by atoms with E-state index < -0.39 is 0 Å². The maximum Gasteiger partial charge on any atom is 0.326 e. The van der Waals surface area contributed by atoms with Gasteiger partial charge < -0.3 is 14.0 Å². The van der Waals surface area contributed by atoms with Crippen molar-refractivity contribution in [2.45, 2.75) is 19.6 Å². The zero-order valence-corrected chi connectivity index (χ0v) is 10.9. The summed E-state index contributed by atoms with van der Waals surface area (Å²) in [7, 11) is 1.55. The van der Waals surface area contributed by atoms with E-state index in [1.54, 1.807) is 36.9 Å². The Balaban J connectivity index is 2.07. The van der Waals surface area contributed by atoms with Crippen molar-refractivity contribution in [2.24, 2.45) is 0 Å². The molecule has 0 aliphatic heterocycles. The van der Waals surface area contributed by atoms with Crippen LogP contribution in [-0.4, -0.2) is 30.4 Å². The van der Waals surface area contributed by atoms with Crippen LogP contribution in [0.1, 0.15) is 6.92 Å². The van der Waals surface area contributed by atoms with Crippen molar-refractivity contribution in [1.29, 1.82) is 0 Å². The number of hydrogen-bond acceptors (Lipinski definition) is 3. The predicted molar refractivity (Wildman–Crippen MR) is 69.3 cm³/mol. The van der Waals surface area contributed by atoms with Gasteiger partial charge in [-0.15, -0.1) is 0 Å². The highest BCUT2D eigenvalue weighted by atomic mass is 19.1. The molecule has 0 radical (unpaired) electrons. The third-order valence-corrected chi connectivity index (χ3v) is 2.77. The minimum Gasteiger partial charge on any atom is -0.459 e. The van der Waals surface area contributed by atoms with Gasteiger partial charge in [-0.25, -0.2) is 4.39 Å². The summed E-state index contributed by atoms with van der Waals surface area (Å²) in [4.78, 5) is 11.7. The Kier molecular flexibility index (Phi) is 4.16. The van der Waals surface area contributed by atoms with Gasteiger partial charge in [0.15, 0.2) is 0 Å². The highest BCUT2D eigenvalue weighted by Gasteiger charge is 2.11. The lowest BCUT2D eigenvalue weighted by molar-refractivity contribution is -0.151. The van der Waals surface area contributed by atoms with Crippen molar-refractivity contribution in [1.82, 2.24) is 4.57 Å². The van der Waals surface area contributed by atoms with Crippen molar-refractivity contribution in [3.63, 3.8) is 0 Å². The van der Waals surface area contributed by atoms with Gasteiger partial charge in [0.25, 0.3) is 0 Å².